The highest BCUT2D eigenvalue weighted by molar-refractivity contribution is 9.08. The van der Waals surface area contributed by atoms with E-state index < -0.39 is 11.7 Å². The first-order valence-corrected chi connectivity index (χ1v) is 7.29. The van der Waals surface area contributed by atoms with Crippen LogP contribution in [-0.4, -0.2) is 13.1 Å². The summed E-state index contributed by atoms with van der Waals surface area (Å²) in [5, 5.41) is 0.200. The smallest absolute Gasteiger partial charge is 0.372 e. The van der Waals surface area contributed by atoms with E-state index in [1.807, 2.05) is 18.9 Å². The maximum Gasteiger partial charge on any atom is 0.416 e. The third-order valence-electron chi connectivity index (χ3n) is 3.53. The molecule has 0 aliphatic heterocycles. The van der Waals surface area contributed by atoms with Crippen molar-refractivity contribution >= 4 is 21.6 Å². The third kappa shape index (κ3) is 3.88. The molecule has 1 nitrogen and oxygen atoms in total. The largest absolute Gasteiger partial charge is 0.416 e. The SMILES string of the molecule is CC(C)C(C)N(C)c1ccc(CBr)c(C(F)(F)F)c1. The van der Waals surface area contributed by atoms with Crippen LogP contribution in [0.15, 0.2) is 18.2 Å². The van der Waals surface area contributed by atoms with E-state index in [-0.39, 0.29) is 16.9 Å². The maximum absolute atomic E-state index is 13.0. The molecule has 0 radical (unpaired) electrons. The Kier molecular flexibility index (Phi) is 5.30. The minimum absolute atomic E-state index is 0.177. The molecule has 1 aromatic rings. The van der Waals surface area contributed by atoms with Crippen molar-refractivity contribution in [1.82, 2.24) is 0 Å². The Labute approximate surface area is 120 Å². The summed E-state index contributed by atoms with van der Waals surface area (Å²) in [4.78, 5) is 1.89. The van der Waals surface area contributed by atoms with Gasteiger partial charge in [-0.25, -0.2) is 0 Å². The van der Waals surface area contributed by atoms with Crippen LogP contribution in [0, 0.1) is 5.92 Å². The Morgan fingerprint density at radius 2 is 1.79 bits per heavy atom. The lowest BCUT2D eigenvalue weighted by Crippen LogP contribution is -2.33. The van der Waals surface area contributed by atoms with E-state index in [9.17, 15) is 13.2 Å². The standard InChI is InChI=1S/C14H19BrF3N/c1-9(2)10(3)19(4)12-6-5-11(8-15)13(7-12)14(16,17)18/h5-7,9-10H,8H2,1-4H3. The van der Waals surface area contributed by atoms with Gasteiger partial charge in [-0.15, -0.1) is 0 Å². The molecule has 0 saturated heterocycles. The molecule has 0 spiro atoms. The highest BCUT2D eigenvalue weighted by atomic mass is 79.9. The minimum atomic E-state index is -4.32. The highest BCUT2D eigenvalue weighted by Gasteiger charge is 2.33. The molecule has 5 heteroatoms. The molecular weight excluding hydrogens is 319 g/mol. The second-order valence-corrected chi connectivity index (χ2v) is 5.63. The van der Waals surface area contributed by atoms with E-state index in [0.717, 1.165) is 0 Å². The van der Waals surface area contributed by atoms with Crippen molar-refractivity contribution in [3.05, 3.63) is 29.3 Å². The number of nitrogens with zero attached hydrogens (tertiary/aromatic N) is 1. The van der Waals surface area contributed by atoms with Gasteiger partial charge in [-0.1, -0.05) is 35.8 Å². The lowest BCUT2D eigenvalue weighted by atomic mass is 10.0. The van der Waals surface area contributed by atoms with Gasteiger partial charge in [0.15, 0.2) is 0 Å². The quantitative estimate of drug-likeness (QED) is 0.692. The number of hydrogen-bond donors (Lipinski definition) is 0. The summed E-state index contributed by atoms with van der Waals surface area (Å²) in [6.07, 6.45) is -4.32. The van der Waals surface area contributed by atoms with Gasteiger partial charge in [0.1, 0.15) is 0 Å². The Morgan fingerprint density at radius 3 is 2.21 bits per heavy atom. The molecule has 108 valence electrons. The van der Waals surface area contributed by atoms with Gasteiger partial charge in [-0.05, 0) is 30.5 Å². The fourth-order valence-corrected chi connectivity index (χ4v) is 2.34. The van der Waals surface area contributed by atoms with Crippen LogP contribution in [0.1, 0.15) is 31.9 Å². The molecular formula is C14H19BrF3N. The van der Waals surface area contributed by atoms with Crippen LogP contribution in [0.25, 0.3) is 0 Å². The summed E-state index contributed by atoms with van der Waals surface area (Å²) in [7, 11) is 1.83. The van der Waals surface area contributed by atoms with E-state index in [1.54, 1.807) is 6.07 Å². The van der Waals surface area contributed by atoms with Crippen molar-refractivity contribution in [1.29, 1.82) is 0 Å². The number of rotatable bonds is 4. The molecule has 0 amide bonds. The fraction of sp³-hybridized carbons (Fsp3) is 0.571. The molecule has 19 heavy (non-hydrogen) atoms. The van der Waals surface area contributed by atoms with Crippen LogP contribution in [0.2, 0.25) is 0 Å². The van der Waals surface area contributed by atoms with Crippen molar-refractivity contribution in [3.8, 4) is 0 Å². The summed E-state index contributed by atoms with van der Waals surface area (Å²) in [5.74, 6) is 0.371. The molecule has 0 aromatic heterocycles. The summed E-state index contributed by atoms with van der Waals surface area (Å²) >= 11 is 3.10. The zero-order valence-corrected chi connectivity index (χ0v) is 13.1. The molecule has 1 unspecified atom stereocenters. The van der Waals surface area contributed by atoms with Gasteiger partial charge in [-0.3, -0.25) is 0 Å². The van der Waals surface area contributed by atoms with E-state index in [1.165, 1.54) is 12.1 Å². The number of alkyl halides is 4. The van der Waals surface area contributed by atoms with Gasteiger partial charge in [0.2, 0.25) is 0 Å². The topological polar surface area (TPSA) is 3.24 Å². The molecule has 1 aromatic carbocycles. The first-order valence-electron chi connectivity index (χ1n) is 6.17. The molecule has 1 atom stereocenters. The van der Waals surface area contributed by atoms with Crippen LogP contribution in [0.5, 0.6) is 0 Å². The normalized spacial score (nSPS) is 13.7. The number of hydrogen-bond acceptors (Lipinski definition) is 1. The van der Waals surface area contributed by atoms with Gasteiger partial charge < -0.3 is 4.90 Å². The maximum atomic E-state index is 13.0. The average molecular weight is 338 g/mol. The Bertz CT molecular complexity index is 429. The lowest BCUT2D eigenvalue weighted by Gasteiger charge is -2.30. The molecule has 0 heterocycles. The van der Waals surface area contributed by atoms with E-state index in [2.05, 4.69) is 29.8 Å². The van der Waals surface area contributed by atoms with Crippen molar-refractivity contribution in [3.63, 3.8) is 0 Å². The number of halogens is 4. The van der Waals surface area contributed by atoms with Crippen molar-refractivity contribution in [2.45, 2.75) is 38.3 Å². The zero-order chi connectivity index (χ0) is 14.8. The zero-order valence-electron chi connectivity index (χ0n) is 11.6. The summed E-state index contributed by atoms with van der Waals surface area (Å²) < 4.78 is 39.0. The molecule has 0 saturated carbocycles. The van der Waals surface area contributed by atoms with Gasteiger partial charge in [0.05, 0.1) is 5.56 Å². The minimum Gasteiger partial charge on any atom is -0.372 e. The second-order valence-electron chi connectivity index (χ2n) is 5.07. The Hall–Kier alpha value is -0.710. The predicted octanol–water partition coefficient (Wildman–Crippen LogP) is 5.08. The van der Waals surface area contributed by atoms with Crippen LogP contribution in [-0.2, 0) is 11.5 Å². The monoisotopic (exact) mass is 337 g/mol. The van der Waals surface area contributed by atoms with E-state index in [0.29, 0.717) is 11.6 Å². The van der Waals surface area contributed by atoms with Crippen molar-refractivity contribution < 1.29 is 13.2 Å². The second kappa shape index (κ2) is 6.16. The number of anilines is 1. The van der Waals surface area contributed by atoms with Gasteiger partial charge in [-0.2, -0.15) is 13.2 Å². The molecule has 0 aliphatic carbocycles. The van der Waals surface area contributed by atoms with E-state index >= 15 is 0 Å². The fourth-order valence-electron chi connectivity index (χ4n) is 1.85. The first-order chi connectivity index (χ1) is 8.68. The van der Waals surface area contributed by atoms with Crippen LogP contribution in [0.4, 0.5) is 18.9 Å². The van der Waals surface area contributed by atoms with Gasteiger partial charge >= 0.3 is 6.18 Å². The first kappa shape index (κ1) is 16.3. The molecule has 0 aliphatic rings. The van der Waals surface area contributed by atoms with Crippen LogP contribution >= 0.6 is 15.9 Å². The summed E-state index contributed by atoms with van der Waals surface area (Å²) in [6, 6.07) is 4.69. The van der Waals surface area contributed by atoms with Crippen LogP contribution < -0.4 is 4.90 Å². The van der Waals surface area contributed by atoms with Crippen LogP contribution in [0.3, 0.4) is 0 Å². The lowest BCUT2D eigenvalue weighted by molar-refractivity contribution is -0.138. The summed E-state index contributed by atoms with van der Waals surface area (Å²) in [5.41, 5.74) is 0.296. The third-order valence-corrected chi connectivity index (χ3v) is 4.13. The molecule has 0 fully saturated rings. The van der Waals surface area contributed by atoms with Gasteiger partial charge in [0, 0.05) is 24.1 Å². The molecule has 1 rings (SSSR count). The predicted molar refractivity (Wildman–Crippen MR) is 76.8 cm³/mol. The molecule has 0 N–H and O–H groups in total. The highest BCUT2D eigenvalue weighted by Crippen LogP contribution is 2.35. The Balaban J connectivity index is 3.18. The van der Waals surface area contributed by atoms with Crippen molar-refractivity contribution in [2.24, 2.45) is 5.92 Å². The van der Waals surface area contributed by atoms with E-state index in [4.69, 9.17) is 0 Å². The van der Waals surface area contributed by atoms with Gasteiger partial charge in [0.25, 0.3) is 0 Å². The number of benzene rings is 1. The van der Waals surface area contributed by atoms with Crippen molar-refractivity contribution in [2.75, 3.05) is 11.9 Å². The molecule has 0 bridgehead atoms. The summed E-state index contributed by atoms with van der Waals surface area (Å²) in [6.45, 7) is 6.12. The Morgan fingerprint density at radius 1 is 1.21 bits per heavy atom. The average Bonchev–Trinajstić information content (AvgIpc) is 2.35.